The van der Waals surface area contributed by atoms with Crippen LogP contribution in [-0.2, 0) is 0 Å². The van der Waals surface area contributed by atoms with Crippen molar-refractivity contribution in [1.82, 2.24) is 4.98 Å². The van der Waals surface area contributed by atoms with Crippen molar-refractivity contribution in [2.75, 3.05) is 0 Å². The van der Waals surface area contributed by atoms with E-state index >= 15 is 0 Å². The van der Waals surface area contributed by atoms with E-state index < -0.39 is 0 Å². The fraction of sp³-hybridized carbons (Fsp3) is 0.0227. The van der Waals surface area contributed by atoms with Crippen molar-refractivity contribution in [3.8, 4) is 22.4 Å². The van der Waals surface area contributed by atoms with E-state index in [1.165, 1.54) is 59.8 Å². The molecule has 7 aromatic carbocycles. The van der Waals surface area contributed by atoms with Crippen LogP contribution in [0.1, 0.15) is 18.1 Å². The highest BCUT2D eigenvalue weighted by Crippen LogP contribution is 2.44. The number of benzene rings is 7. The Kier molecular flexibility index (Phi) is 6.58. The zero-order valence-electron chi connectivity index (χ0n) is 25.2. The first-order chi connectivity index (χ1) is 22.2. The number of nitrogens with zero attached hydrogens (tertiary/aromatic N) is 1. The van der Waals surface area contributed by atoms with Crippen molar-refractivity contribution in [1.29, 1.82) is 0 Å². The molecule has 0 spiro atoms. The van der Waals surface area contributed by atoms with Crippen molar-refractivity contribution in [2.24, 2.45) is 0 Å². The Morgan fingerprint density at radius 1 is 0.578 bits per heavy atom. The predicted molar refractivity (Wildman–Crippen MR) is 195 cm³/mol. The first kappa shape index (κ1) is 26.8. The molecule has 1 aromatic heterocycles. The largest absolute Gasteiger partial charge is 0.256 e. The Bertz CT molecular complexity index is 2410. The maximum absolute atomic E-state index is 4.84. The normalized spacial score (nSPS) is 12.2. The van der Waals surface area contributed by atoms with E-state index in [2.05, 4.69) is 165 Å². The predicted octanol–water partition coefficient (Wildman–Crippen LogP) is 12.1. The van der Waals surface area contributed by atoms with E-state index in [0.29, 0.717) is 0 Å². The van der Waals surface area contributed by atoms with Gasteiger partial charge < -0.3 is 0 Å². The molecule has 0 aliphatic carbocycles. The van der Waals surface area contributed by atoms with Gasteiger partial charge in [0.2, 0.25) is 0 Å². The van der Waals surface area contributed by atoms with Gasteiger partial charge in [0.25, 0.3) is 0 Å². The summed E-state index contributed by atoms with van der Waals surface area (Å²) in [5.74, 6) is 0. The maximum Gasteiger partial charge on any atom is 0.0714 e. The van der Waals surface area contributed by atoms with Crippen LogP contribution in [0.25, 0.3) is 76.6 Å². The standard InChI is InChI=1S/C44H31N/c1-3-12-32(30-13-6-4-7-14-30)27-29(2)34-21-23-40-39-20-11-18-37-35(42-28-33(25-26-45-42)31-15-8-5-9-16-31)22-24-41(44(37)39)38-19-10-17-36(34)43(38)40/h3-28H,2H2,1H3/b12-3-,32-27+. The van der Waals surface area contributed by atoms with E-state index in [1.54, 1.807) is 0 Å². The molecule has 0 atom stereocenters. The molecule has 0 saturated heterocycles. The maximum atomic E-state index is 4.84. The quantitative estimate of drug-likeness (QED) is 0.110. The number of hydrogen-bond donors (Lipinski definition) is 0. The van der Waals surface area contributed by atoms with Gasteiger partial charge >= 0.3 is 0 Å². The fourth-order valence-corrected chi connectivity index (χ4v) is 6.91. The minimum Gasteiger partial charge on any atom is -0.256 e. The highest BCUT2D eigenvalue weighted by Gasteiger charge is 2.17. The molecule has 0 fully saturated rings. The van der Waals surface area contributed by atoms with Gasteiger partial charge in [-0.1, -0.05) is 140 Å². The second kappa shape index (κ2) is 11.0. The molecule has 8 rings (SSSR count). The van der Waals surface area contributed by atoms with Crippen LogP contribution < -0.4 is 0 Å². The molecule has 1 heteroatoms. The first-order valence-corrected chi connectivity index (χ1v) is 15.4. The average molecular weight is 574 g/mol. The minimum absolute atomic E-state index is 0.984. The highest BCUT2D eigenvalue weighted by atomic mass is 14.7. The fourth-order valence-electron chi connectivity index (χ4n) is 6.91. The lowest BCUT2D eigenvalue weighted by molar-refractivity contribution is 1.33. The van der Waals surface area contributed by atoms with Crippen LogP contribution in [0.2, 0.25) is 0 Å². The Balaban J connectivity index is 1.33. The molecule has 0 radical (unpaired) electrons. The van der Waals surface area contributed by atoms with Crippen molar-refractivity contribution < 1.29 is 0 Å². The summed E-state index contributed by atoms with van der Waals surface area (Å²) >= 11 is 0. The van der Waals surface area contributed by atoms with Crippen molar-refractivity contribution in [3.05, 3.63) is 176 Å². The number of hydrogen-bond acceptors (Lipinski definition) is 1. The van der Waals surface area contributed by atoms with Gasteiger partial charge in [0.15, 0.2) is 0 Å². The number of allylic oxidation sites excluding steroid dienone is 5. The van der Waals surface area contributed by atoms with Crippen LogP contribution in [0.15, 0.2) is 164 Å². The van der Waals surface area contributed by atoms with Gasteiger partial charge in [-0.3, -0.25) is 4.98 Å². The molecule has 8 aromatic rings. The van der Waals surface area contributed by atoms with Gasteiger partial charge in [-0.15, -0.1) is 0 Å². The number of rotatable bonds is 6. The number of fused-ring (bicyclic) bond motifs is 2. The van der Waals surface area contributed by atoms with Gasteiger partial charge in [0.1, 0.15) is 0 Å². The Labute approximate surface area is 263 Å². The zero-order valence-corrected chi connectivity index (χ0v) is 25.2. The lowest BCUT2D eigenvalue weighted by Gasteiger charge is -2.18. The Morgan fingerprint density at radius 3 is 1.93 bits per heavy atom. The summed E-state index contributed by atoms with van der Waals surface area (Å²) < 4.78 is 0. The summed E-state index contributed by atoms with van der Waals surface area (Å²) in [6.07, 6.45) is 8.37. The molecule has 1 heterocycles. The second-order valence-electron chi connectivity index (χ2n) is 11.6. The third-order valence-electron chi connectivity index (χ3n) is 8.93. The number of pyridine rings is 1. The summed E-state index contributed by atoms with van der Waals surface area (Å²) in [6, 6.07) is 47.8. The van der Waals surface area contributed by atoms with E-state index in [9.17, 15) is 0 Å². The lowest BCUT2D eigenvalue weighted by Crippen LogP contribution is -1.92. The molecular formula is C44H31N. The molecular weight excluding hydrogens is 542 g/mol. The van der Waals surface area contributed by atoms with Gasteiger partial charge in [-0.25, -0.2) is 0 Å². The highest BCUT2D eigenvalue weighted by molar-refractivity contribution is 6.34. The van der Waals surface area contributed by atoms with Gasteiger partial charge in [0.05, 0.1) is 5.69 Å². The molecule has 45 heavy (non-hydrogen) atoms. The van der Waals surface area contributed by atoms with Crippen LogP contribution in [0.5, 0.6) is 0 Å². The molecule has 0 aliphatic rings. The molecule has 212 valence electrons. The van der Waals surface area contributed by atoms with E-state index in [1.807, 2.05) is 6.20 Å². The minimum atomic E-state index is 0.984. The summed E-state index contributed by atoms with van der Waals surface area (Å²) in [5, 5.41) is 10.1. The van der Waals surface area contributed by atoms with Crippen molar-refractivity contribution in [2.45, 2.75) is 6.92 Å². The van der Waals surface area contributed by atoms with Crippen LogP contribution >= 0.6 is 0 Å². The Morgan fingerprint density at radius 2 is 1.20 bits per heavy atom. The van der Waals surface area contributed by atoms with E-state index in [-0.39, 0.29) is 0 Å². The third-order valence-corrected chi connectivity index (χ3v) is 8.93. The van der Waals surface area contributed by atoms with Gasteiger partial charge in [-0.05, 0) is 102 Å². The molecule has 1 nitrogen and oxygen atoms in total. The van der Waals surface area contributed by atoms with Crippen LogP contribution in [0.3, 0.4) is 0 Å². The first-order valence-electron chi connectivity index (χ1n) is 15.4. The molecule has 0 bridgehead atoms. The Hall–Kier alpha value is -5.79. The average Bonchev–Trinajstić information content (AvgIpc) is 3.10. The van der Waals surface area contributed by atoms with Gasteiger partial charge in [0, 0.05) is 11.8 Å². The van der Waals surface area contributed by atoms with Crippen molar-refractivity contribution >= 4 is 54.2 Å². The smallest absolute Gasteiger partial charge is 0.0714 e. The van der Waals surface area contributed by atoms with Crippen LogP contribution in [-0.4, -0.2) is 4.98 Å². The molecule has 0 saturated carbocycles. The molecule has 0 amide bonds. The topological polar surface area (TPSA) is 12.9 Å². The SMILES string of the molecule is C=C(/C=C(\C=C/C)c1ccccc1)c1ccc2c3cccc4c(-c5cc(-c6ccccc6)ccn5)ccc(c5cccc1c25)c43. The zero-order chi connectivity index (χ0) is 30.3. The summed E-state index contributed by atoms with van der Waals surface area (Å²) in [7, 11) is 0. The number of aromatic nitrogens is 1. The summed E-state index contributed by atoms with van der Waals surface area (Å²) in [4.78, 5) is 4.84. The van der Waals surface area contributed by atoms with E-state index in [4.69, 9.17) is 4.98 Å². The molecule has 0 aliphatic heterocycles. The second-order valence-corrected chi connectivity index (χ2v) is 11.6. The molecule has 0 N–H and O–H groups in total. The molecule has 0 unspecified atom stereocenters. The van der Waals surface area contributed by atoms with Crippen LogP contribution in [0.4, 0.5) is 0 Å². The monoisotopic (exact) mass is 573 g/mol. The summed E-state index contributed by atoms with van der Waals surface area (Å²) in [5.41, 5.74) is 8.98. The van der Waals surface area contributed by atoms with Crippen molar-refractivity contribution in [3.63, 3.8) is 0 Å². The van der Waals surface area contributed by atoms with E-state index in [0.717, 1.165) is 28.0 Å². The third kappa shape index (κ3) is 4.53. The van der Waals surface area contributed by atoms with Crippen LogP contribution in [0, 0.1) is 0 Å². The summed E-state index contributed by atoms with van der Waals surface area (Å²) in [6.45, 7) is 6.62. The lowest BCUT2D eigenvalue weighted by atomic mass is 9.85. The van der Waals surface area contributed by atoms with Gasteiger partial charge in [-0.2, -0.15) is 0 Å².